The zero-order valence-corrected chi connectivity index (χ0v) is 13.1. The van der Waals surface area contributed by atoms with Gasteiger partial charge in [-0.25, -0.2) is 0 Å². The van der Waals surface area contributed by atoms with Crippen molar-refractivity contribution in [3.05, 3.63) is 0 Å². The maximum absolute atomic E-state index is 11.3. The number of hydrogen-bond acceptors (Lipinski definition) is 3. The highest BCUT2D eigenvalue weighted by atomic mass is 16.4. The fraction of sp³-hybridized carbons (Fsp3) is 0.933. The molecule has 4 heteroatoms. The fourth-order valence-electron chi connectivity index (χ4n) is 3.04. The molecule has 2 unspecified atom stereocenters. The van der Waals surface area contributed by atoms with Gasteiger partial charge in [-0.2, -0.15) is 0 Å². The lowest BCUT2D eigenvalue weighted by molar-refractivity contribution is -0.144. The molecule has 112 valence electrons. The van der Waals surface area contributed by atoms with E-state index in [4.69, 9.17) is 0 Å². The monoisotopic (exact) mass is 270 g/mol. The van der Waals surface area contributed by atoms with Crippen LogP contribution >= 0.6 is 0 Å². The third-order valence-electron chi connectivity index (χ3n) is 4.98. The predicted octanol–water partition coefficient (Wildman–Crippen LogP) is 2.34. The molecule has 4 nitrogen and oxygen atoms in total. The molecule has 1 fully saturated rings. The highest BCUT2D eigenvalue weighted by Gasteiger charge is 2.35. The summed E-state index contributed by atoms with van der Waals surface area (Å²) in [7, 11) is 3.87. The number of aliphatic carboxylic acids is 1. The molecule has 2 atom stereocenters. The van der Waals surface area contributed by atoms with Gasteiger partial charge in [0.25, 0.3) is 0 Å². The van der Waals surface area contributed by atoms with E-state index in [1.807, 2.05) is 0 Å². The van der Waals surface area contributed by atoms with E-state index in [1.54, 1.807) is 14.0 Å². The molecule has 2 N–H and O–H groups in total. The summed E-state index contributed by atoms with van der Waals surface area (Å²) >= 11 is 0. The van der Waals surface area contributed by atoms with Crippen LogP contribution in [0.4, 0.5) is 0 Å². The Labute approximate surface area is 117 Å². The molecule has 19 heavy (non-hydrogen) atoms. The van der Waals surface area contributed by atoms with Gasteiger partial charge < -0.3 is 15.3 Å². The summed E-state index contributed by atoms with van der Waals surface area (Å²) in [5.74, 6) is 0.0778. The first-order valence-electron chi connectivity index (χ1n) is 7.44. The smallest absolute Gasteiger partial charge is 0.323 e. The maximum Gasteiger partial charge on any atom is 0.323 e. The lowest BCUT2D eigenvalue weighted by Crippen LogP contribution is -2.53. The van der Waals surface area contributed by atoms with Crippen molar-refractivity contribution in [1.29, 1.82) is 0 Å². The van der Waals surface area contributed by atoms with E-state index in [0.717, 1.165) is 5.92 Å². The Kier molecular flexibility index (Phi) is 5.81. The molecule has 0 bridgehead atoms. The van der Waals surface area contributed by atoms with Crippen LogP contribution in [-0.4, -0.2) is 47.7 Å². The van der Waals surface area contributed by atoms with E-state index in [9.17, 15) is 9.90 Å². The van der Waals surface area contributed by atoms with Crippen molar-refractivity contribution in [1.82, 2.24) is 10.2 Å². The van der Waals surface area contributed by atoms with E-state index < -0.39 is 11.5 Å². The highest BCUT2D eigenvalue weighted by molar-refractivity contribution is 5.78. The molecule has 1 saturated carbocycles. The molecule has 0 aromatic rings. The molecule has 1 aliphatic carbocycles. The Morgan fingerprint density at radius 2 is 1.95 bits per heavy atom. The van der Waals surface area contributed by atoms with Crippen LogP contribution in [0, 0.1) is 5.92 Å². The number of rotatable bonds is 6. The van der Waals surface area contributed by atoms with Crippen LogP contribution in [0.2, 0.25) is 0 Å². The molecule has 1 rings (SSSR count). The Bertz CT molecular complexity index is 301. The van der Waals surface area contributed by atoms with Gasteiger partial charge in [-0.3, -0.25) is 4.79 Å². The van der Waals surface area contributed by atoms with E-state index in [0.29, 0.717) is 12.5 Å². The van der Waals surface area contributed by atoms with Gasteiger partial charge in [0.2, 0.25) is 0 Å². The Balaban J connectivity index is 2.57. The lowest BCUT2D eigenvalue weighted by Gasteiger charge is -2.39. The van der Waals surface area contributed by atoms with Crippen LogP contribution in [-0.2, 0) is 4.79 Å². The van der Waals surface area contributed by atoms with Gasteiger partial charge in [0.05, 0.1) is 0 Å². The number of carboxylic acids is 1. The van der Waals surface area contributed by atoms with Gasteiger partial charge in [-0.15, -0.1) is 0 Å². The van der Waals surface area contributed by atoms with Crippen LogP contribution in [0.3, 0.4) is 0 Å². The average molecular weight is 270 g/mol. The molecule has 0 spiro atoms. The lowest BCUT2D eigenvalue weighted by atomic mass is 9.85. The van der Waals surface area contributed by atoms with Crippen molar-refractivity contribution in [3.63, 3.8) is 0 Å². The summed E-state index contributed by atoms with van der Waals surface area (Å²) in [5, 5.41) is 12.3. The minimum absolute atomic E-state index is 0.270. The Morgan fingerprint density at radius 1 is 1.42 bits per heavy atom. The number of hydrogen-bond donors (Lipinski definition) is 2. The average Bonchev–Trinajstić information content (AvgIpc) is 2.38. The van der Waals surface area contributed by atoms with E-state index in [2.05, 4.69) is 31.1 Å². The van der Waals surface area contributed by atoms with Gasteiger partial charge in [0.15, 0.2) is 0 Å². The van der Waals surface area contributed by atoms with Crippen molar-refractivity contribution in [2.75, 3.05) is 14.1 Å². The second kappa shape index (κ2) is 6.71. The molecular weight excluding hydrogens is 240 g/mol. The molecule has 0 aliphatic heterocycles. The van der Waals surface area contributed by atoms with Gasteiger partial charge in [-0.05, 0) is 66.0 Å². The van der Waals surface area contributed by atoms with Crippen LogP contribution in [0.5, 0.6) is 0 Å². The highest BCUT2D eigenvalue weighted by Crippen LogP contribution is 2.28. The first kappa shape index (κ1) is 16.4. The van der Waals surface area contributed by atoms with Crippen LogP contribution in [0.25, 0.3) is 0 Å². The first-order chi connectivity index (χ1) is 8.80. The number of carboxylic acid groups (broad SMARTS) is 1. The predicted molar refractivity (Wildman–Crippen MR) is 78.4 cm³/mol. The number of likely N-dealkylation sites (N-methyl/N-ethyl adjacent to an activating group) is 1. The Morgan fingerprint density at radius 3 is 2.37 bits per heavy atom. The van der Waals surface area contributed by atoms with E-state index in [-0.39, 0.29) is 6.04 Å². The standard InChI is InChI=1S/C15H30N2O2/c1-11-6-8-13(9-7-11)17(5)12(2)10-15(3,16-4)14(18)19/h11-13,16H,6-10H2,1-5H3,(H,18,19). The third kappa shape index (κ3) is 4.18. The van der Waals surface area contributed by atoms with Crippen LogP contribution in [0.15, 0.2) is 0 Å². The molecule has 0 aromatic carbocycles. The molecular formula is C15H30N2O2. The van der Waals surface area contributed by atoms with Crippen LogP contribution in [0.1, 0.15) is 52.9 Å². The topological polar surface area (TPSA) is 52.6 Å². The van der Waals surface area contributed by atoms with Gasteiger partial charge in [0.1, 0.15) is 5.54 Å². The zero-order chi connectivity index (χ0) is 14.6. The fourth-order valence-corrected chi connectivity index (χ4v) is 3.04. The summed E-state index contributed by atoms with van der Waals surface area (Å²) in [6.07, 6.45) is 5.70. The number of nitrogens with one attached hydrogen (secondary N) is 1. The Hall–Kier alpha value is -0.610. The molecule has 0 saturated heterocycles. The SMILES string of the molecule is CNC(C)(CC(C)N(C)C1CCC(C)CC1)C(=O)O. The molecule has 0 radical (unpaired) electrons. The minimum atomic E-state index is -0.838. The first-order valence-corrected chi connectivity index (χ1v) is 7.44. The number of nitrogens with zero attached hydrogens (tertiary/aromatic N) is 1. The van der Waals surface area contributed by atoms with E-state index >= 15 is 0 Å². The van der Waals surface area contributed by atoms with Gasteiger partial charge in [-0.1, -0.05) is 6.92 Å². The molecule has 1 aliphatic rings. The minimum Gasteiger partial charge on any atom is -0.480 e. The van der Waals surface area contributed by atoms with E-state index in [1.165, 1.54) is 25.7 Å². The van der Waals surface area contributed by atoms with Gasteiger partial charge >= 0.3 is 5.97 Å². The summed E-state index contributed by atoms with van der Waals surface area (Å²) in [6, 6.07) is 0.882. The molecule has 0 aromatic heterocycles. The summed E-state index contributed by atoms with van der Waals surface area (Å²) in [4.78, 5) is 13.7. The van der Waals surface area contributed by atoms with Crippen molar-refractivity contribution >= 4 is 5.97 Å². The van der Waals surface area contributed by atoms with Crippen molar-refractivity contribution in [2.24, 2.45) is 5.92 Å². The third-order valence-corrected chi connectivity index (χ3v) is 4.98. The largest absolute Gasteiger partial charge is 0.480 e. The summed E-state index contributed by atoms with van der Waals surface area (Å²) in [5.41, 5.74) is -0.838. The quantitative estimate of drug-likeness (QED) is 0.778. The summed E-state index contributed by atoms with van der Waals surface area (Å²) in [6.45, 7) is 6.22. The zero-order valence-electron chi connectivity index (χ0n) is 13.1. The van der Waals surface area contributed by atoms with Crippen molar-refractivity contribution in [3.8, 4) is 0 Å². The van der Waals surface area contributed by atoms with Gasteiger partial charge in [0, 0.05) is 12.1 Å². The second-order valence-electron chi connectivity index (χ2n) is 6.52. The molecule has 0 amide bonds. The van der Waals surface area contributed by atoms with Crippen LogP contribution < -0.4 is 5.32 Å². The van der Waals surface area contributed by atoms with Crippen molar-refractivity contribution in [2.45, 2.75) is 70.5 Å². The maximum atomic E-state index is 11.3. The summed E-state index contributed by atoms with van der Waals surface area (Å²) < 4.78 is 0. The second-order valence-corrected chi connectivity index (χ2v) is 6.52. The normalized spacial score (nSPS) is 28.9. The number of carbonyl (C=O) groups is 1. The van der Waals surface area contributed by atoms with Crippen molar-refractivity contribution < 1.29 is 9.90 Å². The molecule has 0 heterocycles.